The molecule has 0 aliphatic carbocycles. The highest BCUT2D eigenvalue weighted by Crippen LogP contribution is 2.21. The molecule has 0 fully saturated rings. The van der Waals surface area contributed by atoms with Crippen LogP contribution in [0.15, 0.2) is 33.9 Å². The van der Waals surface area contributed by atoms with Gasteiger partial charge in [-0.3, -0.25) is 14.3 Å². The van der Waals surface area contributed by atoms with E-state index >= 15 is 0 Å². The second-order valence-corrected chi connectivity index (χ2v) is 7.59. The van der Waals surface area contributed by atoms with Crippen LogP contribution in [0.3, 0.4) is 0 Å². The Morgan fingerprint density at radius 2 is 1.96 bits per heavy atom. The summed E-state index contributed by atoms with van der Waals surface area (Å²) in [5.41, 5.74) is 6.77. The van der Waals surface area contributed by atoms with Crippen LogP contribution in [0.5, 0.6) is 0 Å². The number of aromatic amines is 1. The highest BCUT2D eigenvalue weighted by atomic mass is 35.5. The molecule has 1 aromatic carbocycles. The van der Waals surface area contributed by atoms with Crippen molar-refractivity contribution in [3.63, 3.8) is 0 Å². The number of nitrogens with zero attached hydrogens (tertiary/aromatic N) is 2. The molecule has 0 aliphatic rings. The van der Waals surface area contributed by atoms with Gasteiger partial charge in [-0.2, -0.15) is 0 Å². The molecule has 0 radical (unpaired) electrons. The van der Waals surface area contributed by atoms with E-state index in [1.807, 2.05) is 36.1 Å². The number of hydrogen-bond donors (Lipinski definition) is 2. The Hall–Kier alpha value is -2.21. The first-order valence-corrected chi connectivity index (χ1v) is 9.83. The van der Waals surface area contributed by atoms with E-state index in [1.54, 1.807) is 0 Å². The van der Waals surface area contributed by atoms with Gasteiger partial charge < -0.3 is 10.6 Å². The lowest BCUT2D eigenvalue weighted by Gasteiger charge is -2.28. The van der Waals surface area contributed by atoms with E-state index in [-0.39, 0.29) is 5.82 Å². The Bertz CT molecular complexity index is 873. The van der Waals surface area contributed by atoms with Gasteiger partial charge in [0.05, 0.1) is 0 Å². The van der Waals surface area contributed by atoms with Crippen molar-refractivity contribution in [2.75, 3.05) is 23.7 Å². The molecule has 0 saturated carbocycles. The number of nitrogens with one attached hydrogen (secondary N) is 1. The van der Waals surface area contributed by atoms with Gasteiger partial charge in [0.25, 0.3) is 5.56 Å². The van der Waals surface area contributed by atoms with Crippen LogP contribution in [-0.4, -0.2) is 22.6 Å². The lowest BCUT2D eigenvalue weighted by atomic mass is 10.1. The third-order valence-electron chi connectivity index (χ3n) is 4.46. The Kier molecular flexibility index (Phi) is 7.54. The lowest BCUT2D eigenvalue weighted by molar-refractivity contribution is 0.586. The third kappa shape index (κ3) is 5.39. The number of aromatic nitrogens is 2. The molecule has 0 saturated heterocycles. The van der Waals surface area contributed by atoms with E-state index in [0.29, 0.717) is 42.7 Å². The molecular weight excluding hydrogens is 364 g/mol. The van der Waals surface area contributed by atoms with Gasteiger partial charge in [0, 0.05) is 24.7 Å². The second-order valence-electron chi connectivity index (χ2n) is 7.18. The number of nitrogen functional groups attached to an aromatic ring is 1. The van der Waals surface area contributed by atoms with E-state index in [2.05, 4.69) is 18.8 Å². The van der Waals surface area contributed by atoms with E-state index in [0.717, 1.165) is 18.4 Å². The van der Waals surface area contributed by atoms with Gasteiger partial charge >= 0.3 is 5.69 Å². The topological polar surface area (TPSA) is 84.1 Å². The fourth-order valence-corrected chi connectivity index (χ4v) is 3.34. The van der Waals surface area contributed by atoms with Crippen LogP contribution in [0.2, 0.25) is 5.02 Å². The number of unbranched alkanes of at least 4 members (excludes halogenated alkanes) is 1. The highest BCUT2D eigenvalue weighted by molar-refractivity contribution is 6.31. The molecule has 0 unspecified atom stereocenters. The summed E-state index contributed by atoms with van der Waals surface area (Å²) in [5.74, 6) is 0.558. The summed E-state index contributed by atoms with van der Waals surface area (Å²) >= 11 is 6.27. The van der Waals surface area contributed by atoms with Crippen molar-refractivity contribution >= 4 is 23.1 Å². The van der Waals surface area contributed by atoms with Crippen LogP contribution < -0.4 is 21.9 Å². The Balaban J connectivity index is 2.39. The van der Waals surface area contributed by atoms with Crippen molar-refractivity contribution in [3.8, 4) is 0 Å². The van der Waals surface area contributed by atoms with Gasteiger partial charge in [-0.05, 0) is 30.4 Å². The SMILES string of the molecule is CCCCn1c(N)c(N(CCc2ccccc2Cl)CC(C)C)c(=O)[nH]c1=O. The van der Waals surface area contributed by atoms with Crippen LogP contribution in [0.4, 0.5) is 11.5 Å². The normalized spacial score (nSPS) is 11.1. The summed E-state index contributed by atoms with van der Waals surface area (Å²) in [6.45, 7) is 7.94. The molecule has 3 N–H and O–H groups in total. The van der Waals surface area contributed by atoms with Crippen molar-refractivity contribution in [2.24, 2.45) is 5.92 Å². The van der Waals surface area contributed by atoms with Crippen molar-refractivity contribution in [1.82, 2.24) is 9.55 Å². The van der Waals surface area contributed by atoms with Gasteiger partial charge in [0.2, 0.25) is 0 Å². The van der Waals surface area contributed by atoms with Crippen LogP contribution in [-0.2, 0) is 13.0 Å². The summed E-state index contributed by atoms with van der Waals surface area (Å²) in [4.78, 5) is 29.1. The fourth-order valence-electron chi connectivity index (χ4n) is 3.11. The molecule has 2 aromatic rings. The van der Waals surface area contributed by atoms with Gasteiger partial charge in [0.1, 0.15) is 11.5 Å². The number of hydrogen-bond acceptors (Lipinski definition) is 4. The largest absolute Gasteiger partial charge is 0.383 e. The van der Waals surface area contributed by atoms with E-state index in [9.17, 15) is 9.59 Å². The molecule has 0 atom stereocenters. The zero-order valence-electron chi connectivity index (χ0n) is 16.3. The average molecular weight is 393 g/mol. The number of H-pyrrole nitrogens is 1. The van der Waals surface area contributed by atoms with Crippen LogP contribution in [0, 0.1) is 5.92 Å². The average Bonchev–Trinajstić information content (AvgIpc) is 2.59. The molecule has 27 heavy (non-hydrogen) atoms. The molecule has 1 heterocycles. The lowest BCUT2D eigenvalue weighted by Crippen LogP contribution is -2.40. The number of benzene rings is 1. The molecule has 0 aliphatic heterocycles. The summed E-state index contributed by atoms with van der Waals surface area (Å²) in [6.07, 6.45) is 2.43. The minimum absolute atomic E-state index is 0.233. The first kappa shape index (κ1) is 21.1. The Morgan fingerprint density at radius 3 is 2.59 bits per heavy atom. The molecule has 148 valence electrons. The zero-order chi connectivity index (χ0) is 20.0. The minimum atomic E-state index is -0.453. The van der Waals surface area contributed by atoms with Gasteiger partial charge in [0.15, 0.2) is 0 Å². The molecule has 6 nitrogen and oxygen atoms in total. The van der Waals surface area contributed by atoms with Gasteiger partial charge in [-0.15, -0.1) is 0 Å². The quantitative estimate of drug-likeness (QED) is 0.685. The molecule has 0 bridgehead atoms. The summed E-state index contributed by atoms with van der Waals surface area (Å²) in [5, 5.41) is 0.705. The Morgan fingerprint density at radius 1 is 1.26 bits per heavy atom. The van der Waals surface area contributed by atoms with E-state index < -0.39 is 11.2 Å². The molecule has 0 amide bonds. The molecular formula is C20H29ClN4O2. The standard InChI is InChI=1S/C20H29ClN4O2/c1-4-5-11-25-18(22)17(19(26)23-20(25)27)24(13-14(2)3)12-10-15-8-6-7-9-16(15)21/h6-9,14H,4-5,10-13,22H2,1-3H3,(H,23,26,27). The second kappa shape index (κ2) is 9.65. The van der Waals surface area contributed by atoms with Crippen LogP contribution in [0.1, 0.15) is 39.2 Å². The molecule has 7 heteroatoms. The number of halogens is 1. The summed E-state index contributed by atoms with van der Waals surface area (Å²) in [6, 6.07) is 7.67. The maximum Gasteiger partial charge on any atom is 0.330 e. The molecule has 1 aromatic heterocycles. The van der Waals surface area contributed by atoms with Gasteiger partial charge in [-0.25, -0.2) is 4.79 Å². The maximum absolute atomic E-state index is 12.6. The first-order chi connectivity index (χ1) is 12.8. The van der Waals surface area contributed by atoms with Crippen LogP contribution >= 0.6 is 11.6 Å². The summed E-state index contributed by atoms with van der Waals surface area (Å²) in [7, 11) is 0. The number of nitrogens with two attached hydrogens (primary N) is 1. The molecule has 0 spiro atoms. The highest BCUT2D eigenvalue weighted by Gasteiger charge is 2.20. The van der Waals surface area contributed by atoms with Crippen molar-refractivity contribution < 1.29 is 0 Å². The van der Waals surface area contributed by atoms with Crippen molar-refractivity contribution in [2.45, 2.75) is 46.6 Å². The van der Waals surface area contributed by atoms with Gasteiger partial charge in [-0.1, -0.05) is 57.0 Å². The monoisotopic (exact) mass is 392 g/mol. The Labute approximate surface area is 165 Å². The van der Waals surface area contributed by atoms with E-state index in [1.165, 1.54) is 4.57 Å². The predicted molar refractivity (Wildman–Crippen MR) is 113 cm³/mol. The zero-order valence-corrected chi connectivity index (χ0v) is 17.1. The van der Waals surface area contributed by atoms with Crippen molar-refractivity contribution in [3.05, 3.63) is 55.7 Å². The van der Waals surface area contributed by atoms with Crippen molar-refractivity contribution in [1.29, 1.82) is 0 Å². The maximum atomic E-state index is 12.6. The predicted octanol–water partition coefficient (Wildman–Crippen LogP) is 3.28. The molecule has 2 rings (SSSR count). The smallest absolute Gasteiger partial charge is 0.330 e. The van der Waals surface area contributed by atoms with Crippen LogP contribution in [0.25, 0.3) is 0 Å². The number of rotatable bonds is 9. The minimum Gasteiger partial charge on any atom is -0.383 e. The summed E-state index contributed by atoms with van der Waals surface area (Å²) < 4.78 is 1.46. The number of anilines is 2. The fraction of sp³-hybridized carbons (Fsp3) is 0.500. The third-order valence-corrected chi connectivity index (χ3v) is 4.83. The first-order valence-electron chi connectivity index (χ1n) is 9.46. The van der Waals surface area contributed by atoms with E-state index in [4.69, 9.17) is 17.3 Å².